The summed E-state index contributed by atoms with van der Waals surface area (Å²) in [5.41, 5.74) is 2.19. The third kappa shape index (κ3) is 3.54. The Bertz CT molecular complexity index is 1220. The smallest absolute Gasteiger partial charge is 0.269 e. The Hall–Kier alpha value is -3.60. The summed E-state index contributed by atoms with van der Waals surface area (Å²) < 4.78 is 12.2. The SMILES string of the molecule is CCOc1c2ccccc2c(OCC)c2c(Cc3ccc([N+](=O)[O-])cc3)cccc12. The number of nitro benzene ring substituents is 1. The predicted octanol–water partition coefficient (Wildman–Crippen LogP) is 6.29. The van der Waals surface area contributed by atoms with E-state index in [2.05, 4.69) is 24.3 Å². The van der Waals surface area contributed by atoms with Crippen LogP contribution in [0.4, 0.5) is 5.69 Å². The molecule has 0 heterocycles. The van der Waals surface area contributed by atoms with E-state index in [4.69, 9.17) is 9.47 Å². The van der Waals surface area contributed by atoms with E-state index in [-0.39, 0.29) is 10.6 Å². The molecule has 0 fully saturated rings. The van der Waals surface area contributed by atoms with Gasteiger partial charge in [0.15, 0.2) is 0 Å². The van der Waals surface area contributed by atoms with Gasteiger partial charge in [0.1, 0.15) is 11.5 Å². The number of rotatable bonds is 7. The lowest BCUT2D eigenvalue weighted by Crippen LogP contribution is -2.01. The van der Waals surface area contributed by atoms with E-state index < -0.39 is 0 Å². The van der Waals surface area contributed by atoms with Crippen LogP contribution in [0.25, 0.3) is 21.5 Å². The first-order valence-corrected chi connectivity index (χ1v) is 10.1. The summed E-state index contributed by atoms with van der Waals surface area (Å²) in [5, 5.41) is 15.1. The van der Waals surface area contributed by atoms with Crippen LogP contribution in [0.2, 0.25) is 0 Å². The molecule has 4 aromatic rings. The van der Waals surface area contributed by atoms with Gasteiger partial charge in [-0.1, -0.05) is 54.6 Å². The number of benzene rings is 4. The topological polar surface area (TPSA) is 61.6 Å². The Balaban J connectivity index is 1.95. The van der Waals surface area contributed by atoms with Crippen molar-refractivity contribution in [2.45, 2.75) is 20.3 Å². The summed E-state index contributed by atoms with van der Waals surface area (Å²) in [6.45, 7) is 5.09. The van der Waals surface area contributed by atoms with E-state index >= 15 is 0 Å². The maximum Gasteiger partial charge on any atom is 0.269 e. The lowest BCUT2D eigenvalue weighted by molar-refractivity contribution is -0.384. The fraction of sp³-hybridized carbons (Fsp3) is 0.200. The van der Waals surface area contributed by atoms with E-state index in [1.807, 2.05) is 44.2 Å². The molecule has 0 aliphatic rings. The highest BCUT2D eigenvalue weighted by Crippen LogP contribution is 2.44. The highest BCUT2D eigenvalue weighted by Gasteiger charge is 2.18. The first kappa shape index (κ1) is 19.7. The van der Waals surface area contributed by atoms with Gasteiger partial charge in [-0.05, 0) is 31.4 Å². The molecule has 5 nitrogen and oxygen atoms in total. The normalized spacial score (nSPS) is 11.0. The van der Waals surface area contributed by atoms with E-state index in [1.165, 1.54) is 0 Å². The molecule has 4 rings (SSSR count). The van der Waals surface area contributed by atoms with Crippen molar-refractivity contribution in [2.24, 2.45) is 0 Å². The fourth-order valence-electron chi connectivity index (χ4n) is 3.91. The van der Waals surface area contributed by atoms with Crippen LogP contribution in [0.3, 0.4) is 0 Å². The summed E-state index contributed by atoms with van der Waals surface area (Å²) in [5.74, 6) is 1.71. The Morgan fingerprint density at radius 3 is 2.00 bits per heavy atom. The van der Waals surface area contributed by atoms with Gasteiger partial charge in [-0.3, -0.25) is 10.1 Å². The van der Waals surface area contributed by atoms with Gasteiger partial charge in [0.05, 0.1) is 18.1 Å². The van der Waals surface area contributed by atoms with Crippen LogP contribution < -0.4 is 9.47 Å². The van der Waals surface area contributed by atoms with Crippen LogP contribution in [-0.2, 0) is 6.42 Å². The van der Waals surface area contributed by atoms with Crippen molar-refractivity contribution in [3.63, 3.8) is 0 Å². The zero-order valence-corrected chi connectivity index (χ0v) is 17.1. The average Bonchev–Trinajstić information content (AvgIpc) is 2.76. The summed E-state index contributed by atoms with van der Waals surface area (Å²) in [6.07, 6.45) is 0.638. The molecule has 0 N–H and O–H groups in total. The van der Waals surface area contributed by atoms with Crippen molar-refractivity contribution in [2.75, 3.05) is 13.2 Å². The number of nitrogens with zero attached hydrogens (tertiary/aromatic N) is 1. The van der Waals surface area contributed by atoms with Crippen LogP contribution in [-0.4, -0.2) is 18.1 Å². The second kappa shape index (κ2) is 8.41. The minimum absolute atomic E-state index is 0.0938. The largest absolute Gasteiger partial charge is 0.493 e. The zero-order valence-electron chi connectivity index (χ0n) is 17.1. The van der Waals surface area contributed by atoms with Gasteiger partial charge in [-0.25, -0.2) is 0 Å². The van der Waals surface area contributed by atoms with Gasteiger partial charge >= 0.3 is 0 Å². The fourth-order valence-corrected chi connectivity index (χ4v) is 3.91. The third-order valence-corrected chi connectivity index (χ3v) is 5.16. The Morgan fingerprint density at radius 2 is 1.37 bits per heavy atom. The minimum Gasteiger partial charge on any atom is -0.493 e. The molecule has 0 bridgehead atoms. The Morgan fingerprint density at radius 1 is 0.767 bits per heavy atom. The maximum absolute atomic E-state index is 11.0. The van der Waals surface area contributed by atoms with Gasteiger partial charge in [-0.2, -0.15) is 0 Å². The molecular weight excluding hydrogens is 378 g/mol. The van der Waals surface area contributed by atoms with Crippen LogP contribution in [0.15, 0.2) is 66.7 Å². The molecule has 4 aromatic carbocycles. The van der Waals surface area contributed by atoms with E-state index in [0.29, 0.717) is 19.6 Å². The van der Waals surface area contributed by atoms with Crippen molar-refractivity contribution < 1.29 is 14.4 Å². The first-order valence-electron chi connectivity index (χ1n) is 10.1. The molecule has 0 aliphatic carbocycles. The molecule has 0 radical (unpaired) electrons. The molecule has 152 valence electrons. The molecule has 5 heteroatoms. The number of hydrogen-bond acceptors (Lipinski definition) is 4. The summed E-state index contributed by atoms with van der Waals surface area (Å²) in [7, 11) is 0. The zero-order chi connectivity index (χ0) is 21.1. The summed E-state index contributed by atoms with van der Waals surface area (Å²) >= 11 is 0. The highest BCUT2D eigenvalue weighted by atomic mass is 16.6. The Labute approximate surface area is 175 Å². The number of ether oxygens (including phenoxy) is 2. The van der Waals surface area contributed by atoms with Crippen LogP contribution >= 0.6 is 0 Å². The second-order valence-corrected chi connectivity index (χ2v) is 7.01. The standard InChI is InChI=1S/C25H23NO4/c1-3-29-24-20-9-5-6-10-21(20)25(30-4-2)23-18(8-7-11-22(23)24)16-17-12-14-19(15-13-17)26(27)28/h5-15H,3-4,16H2,1-2H3. The second-order valence-electron chi connectivity index (χ2n) is 7.01. The average molecular weight is 401 g/mol. The van der Waals surface area contributed by atoms with Gasteiger partial charge in [-0.15, -0.1) is 0 Å². The molecule has 0 saturated heterocycles. The maximum atomic E-state index is 11.0. The number of non-ortho nitro benzene ring substituents is 1. The molecule has 0 saturated carbocycles. The monoisotopic (exact) mass is 401 g/mol. The van der Waals surface area contributed by atoms with Crippen molar-refractivity contribution >= 4 is 27.2 Å². The van der Waals surface area contributed by atoms with Crippen LogP contribution in [0.5, 0.6) is 11.5 Å². The molecule has 0 aromatic heterocycles. The van der Waals surface area contributed by atoms with Gasteiger partial charge in [0, 0.05) is 33.7 Å². The third-order valence-electron chi connectivity index (χ3n) is 5.16. The van der Waals surface area contributed by atoms with Gasteiger partial charge in [0.2, 0.25) is 0 Å². The predicted molar refractivity (Wildman–Crippen MR) is 120 cm³/mol. The Kier molecular flexibility index (Phi) is 5.53. The lowest BCUT2D eigenvalue weighted by atomic mass is 9.93. The molecule has 0 spiro atoms. The summed E-state index contributed by atoms with van der Waals surface area (Å²) in [4.78, 5) is 10.6. The van der Waals surface area contributed by atoms with Crippen molar-refractivity contribution in [3.05, 3.63) is 88.0 Å². The van der Waals surface area contributed by atoms with Gasteiger partial charge in [0.25, 0.3) is 5.69 Å². The number of hydrogen-bond donors (Lipinski definition) is 0. The molecule has 0 atom stereocenters. The van der Waals surface area contributed by atoms with Crippen molar-refractivity contribution in [3.8, 4) is 11.5 Å². The highest BCUT2D eigenvalue weighted by molar-refractivity contribution is 6.12. The minimum atomic E-state index is -0.380. The molecule has 0 amide bonds. The van der Waals surface area contributed by atoms with Gasteiger partial charge < -0.3 is 9.47 Å². The van der Waals surface area contributed by atoms with E-state index in [0.717, 1.165) is 44.2 Å². The summed E-state index contributed by atoms with van der Waals surface area (Å²) in [6, 6.07) is 21.0. The number of nitro groups is 1. The molecule has 0 aliphatic heterocycles. The molecule has 0 unspecified atom stereocenters. The van der Waals surface area contributed by atoms with E-state index in [1.54, 1.807) is 12.1 Å². The van der Waals surface area contributed by atoms with E-state index in [9.17, 15) is 10.1 Å². The van der Waals surface area contributed by atoms with Crippen molar-refractivity contribution in [1.82, 2.24) is 0 Å². The molecule has 30 heavy (non-hydrogen) atoms. The lowest BCUT2D eigenvalue weighted by Gasteiger charge is -2.19. The first-order chi connectivity index (χ1) is 14.6. The van der Waals surface area contributed by atoms with Crippen LogP contribution in [0, 0.1) is 10.1 Å². The quantitative estimate of drug-likeness (QED) is 0.207. The molecular formula is C25H23NO4. The van der Waals surface area contributed by atoms with Crippen LogP contribution in [0.1, 0.15) is 25.0 Å². The number of fused-ring (bicyclic) bond motifs is 2. The van der Waals surface area contributed by atoms with Crippen molar-refractivity contribution in [1.29, 1.82) is 0 Å².